The third-order valence-electron chi connectivity index (χ3n) is 3.51. The van der Waals surface area contributed by atoms with Gasteiger partial charge in [-0.1, -0.05) is 57.2 Å². The van der Waals surface area contributed by atoms with Crippen molar-refractivity contribution in [2.24, 2.45) is 5.41 Å². The van der Waals surface area contributed by atoms with Crippen LogP contribution in [0.5, 0.6) is 5.75 Å². The lowest BCUT2D eigenvalue weighted by atomic mass is 9.81. The SMILES string of the molecule is CC(C)(C)C(c1ccccc1)N(C(=O)O)c1cccc(O)c1. The van der Waals surface area contributed by atoms with Crippen LogP contribution in [0.25, 0.3) is 0 Å². The van der Waals surface area contributed by atoms with E-state index in [2.05, 4.69) is 0 Å². The van der Waals surface area contributed by atoms with E-state index in [4.69, 9.17) is 0 Å². The average molecular weight is 299 g/mol. The number of rotatable bonds is 3. The maximum absolute atomic E-state index is 11.9. The fourth-order valence-corrected chi connectivity index (χ4v) is 2.68. The molecule has 1 amide bonds. The van der Waals surface area contributed by atoms with Crippen LogP contribution in [0.3, 0.4) is 0 Å². The van der Waals surface area contributed by atoms with E-state index in [9.17, 15) is 15.0 Å². The third kappa shape index (κ3) is 3.39. The van der Waals surface area contributed by atoms with Crippen molar-refractivity contribution in [3.8, 4) is 5.75 Å². The number of hydrogen-bond acceptors (Lipinski definition) is 2. The molecular weight excluding hydrogens is 278 g/mol. The Labute approximate surface area is 130 Å². The van der Waals surface area contributed by atoms with Gasteiger partial charge in [-0.15, -0.1) is 0 Å². The first-order valence-corrected chi connectivity index (χ1v) is 7.17. The maximum atomic E-state index is 11.9. The second-order valence-electron chi connectivity index (χ2n) is 6.35. The minimum atomic E-state index is -1.05. The normalized spacial score (nSPS) is 12.7. The lowest BCUT2D eigenvalue weighted by Gasteiger charge is -2.39. The second kappa shape index (κ2) is 6.10. The number of nitrogens with zero attached hydrogens (tertiary/aromatic N) is 1. The molecule has 0 radical (unpaired) electrons. The smallest absolute Gasteiger partial charge is 0.412 e. The lowest BCUT2D eigenvalue weighted by Crippen LogP contribution is -2.40. The Morgan fingerprint density at radius 3 is 2.18 bits per heavy atom. The molecule has 0 saturated carbocycles. The molecule has 116 valence electrons. The van der Waals surface area contributed by atoms with E-state index in [0.29, 0.717) is 5.69 Å². The van der Waals surface area contributed by atoms with Gasteiger partial charge in [0.1, 0.15) is 5.75 Å². The number of phenols is 1. The van der Waals surface area contributed by atoms with Gasteiger partial charge in [0.05, 0.1) is 11.7 Å². The van der Waals surface area contributed by atoms with E-state index in [-0.39, 0.29) is 17.2 Å². The first-order chi connectivity index (χ1) is 10.3. The van der Waals surface area contributed by atoms with Gasteiger partial charge in [0, 0.05) is 6.07 Å². The lowest BCUT2D eigenvalue weighted by molar-refractivity contribution is 0.189. The summed E-state index contributed by atoms with van der Waals surface area (Å²) in [7, 11) is 0. The minimum Gasteiger partial charge on any atom is -0.508 e. The Balaban J connectivity index is 2.58. The maximum Gasteiger partial charge on any atom is 0.412 e. The van der Waals surface area contributed by atoms with E-state index >= 15 is 0 Å². The number of carbonyl (C=O) groups is 1. The zero-order valence-corrected chi connectivity index (χ0v) is 13.0. The average Bonchev–Trinajstić information content (AvgIpc) is 2.43. The van der Waals surface area contributed by atoms with Gasteiger partial charge in [0.2, 0.25) is 0 Å². The molecule has 2 aromatic rings. The summed E-state index contributed by atoms with van der Waals surface area (Å²) >= 11 is 0. The minimum absolute atomic E-state index is 0.0458. The molecule has 2 aromatic carbocycles. The van der Waals surface area contributed by atoms with Crippen LogP contribution in [0.4, 0.5) is 10.5 Å². The van der Waals surface area contributed by atoms with Crippen molar-refractivity contribution in [1.82, 2.24) is 0 Å². The first-order valence-electron chi connectivity index (χ1n) is 7.17. The van der Waals surface area contributed by atoms with Gasteiger partial charge in [0.25, 0.3) is 0 Å². The molecule has 0 fully saturated rings. The zero-order chi connectivity index (χ0) is 16.3. The van der Waals surface area contributed by atoms with Crippen LogP contribution < -0.4 is 4.90 Å². The highest BCUT2D eigenvalue weighted by molar-refractivity contribution is 5.87. The fourth-order valence-electron chi connectivity index (χ4n) is 2.68. The molecule has 1 atom stereocenters. The highest BCUT2D eigenvalue weighted by atomic mass is 16.4. The van der Waals surface area contributed by atoms with E-state index in [0.717, 1.165) is 5.56 Å². The van der Waals surface area contributed by atoms with Crippen LogP contribution in [0.15, 0.2) is 54.6 Å². The molecule has 0 heterocycles. The van der Waals surface area contributed by atoms with Crippen molar-refractivity contribution in [2.75, 3.05) is 4.90 Å². The van der Waals surface area contributed by atoms with Crippen molar-refractivity contribution in [3.05, 3.63) is 60.2 Å². The van der Waals surface area contributed by atoms with Gasteiger partial charge < -0.3 is 10.2 Å². The van der Waals surface area contributed by atoms with Crippen LogP contribution in [0.1, 0.15) is 32.4 Å². The fraction of sp³-hybridized carbons (Fsp3) is 0.278. The standard InChI is InChI=1S/C18H21NO3/c1-18(2,3)16(13-8-5-4-6-9-13)19(17(21)22)14-10-7-11-15(20)12-14/h4-12,16,20H,1-3H3,(H,21,22). The molecule has 0 aliphatic carbocycles. The van der Waals surface area contributed by atoms with Crippen molar-refractivity contribution >= 4 is 11.8 Å². The number of benzene rings is 2. The summed E-state index contributed by atoms with van der Waals surface area (Å²) in [5.74, 6) is 0.0458. The Morgan fingerprint density at radius 1 is 1.05 bits per heavy atom. The molecule has 2 N–H and O–H groups in total. The predicted octanol–water partition coefficient (Wildman–Crippen LogP) is 4.66. The van der Waals surface area contributed by atoms with Gasteiger partial charge in [-0.2, -0.15) is 0 Å². The van der Waals surface area contributed by atoms with Crippen LogP contribution in [-0.4, -0.2) is 16.3 Å². The van der Waals surface area contributed by atoms with E-state index in [1.54, 1.807) is 12.1 Å². The molecule has 0 spiro atoms. The third-order valence-corrected chi connectivity index (χ3v) is 3.51. The molecular formula is C18H21NO3. The molecule has 0 aliphatic rings. The van der Waals surface area contributed by atoms with Gasteiger partial charge in [-0.05, 0) is 23.1 Å². The number of carboxylic acid groups (broad SMARTS) is 1. The highest BCUT2D eigenvalue weighted by Crippen LogP contribution is 2.41. The summed E-state index contributed by atoms with van der Waals surface area (Å²) in [6.07, 6.45) is -1.05. The first kappa shape index (κ1) is 15.9. The Morgan fingerprint density at radius 2 is 1.68 bits per heavy atom. The predicted molar refractivity (Wildman–Crippen MR) is 87.2 cm³/mol. The summed E-state index contributed by atoms with van der Waals surface area (Å²) < 4.78 is 0. The molecule has 0 aliphatic heterocycles. The van der Waals surface area contributed by atoms with Crippen molar-refractivity contribution in [2.45, 2.75) is 26.8 Å². The van der Waals surface area contributed by atoms with Gasteiger partial charge >= 0.3 is 6.09 Å². The summed E-state index contributed by atoms with van der Waals surface area (Å²) in [5.41, 5.74) is 1.06. The van der Waals surface area contributed by atoms with Crippen LogP contribution >= 0.6 is 0 Å². The number of amides is 1. The molecule has 4 heteroatoms. The Kier molecular flexibility index (Phi) is 4.40. The Bertz CT molecular complexity index is 647. The largest absolute Gasteiger partial charge is 0.508 e. The zero-order valence-electron chi connectivity index (χ0n) is 13.0. The molecule has 22 heavy (non-hydrogen) atoms. The summed E-state index contributed by atoms with van der Waals surface area (Å²) in [4.78, 5) is 13.2. The summed E-state index contributed by atoms with van der Waals surface area (Å²) in [6.45, 7) is 6.01. The van der Waals surface area contributed by atoms with Gasteiger partial charge in [-0.3, -0.25) is 4.90 Å². The molecule has 1 unspecified atom stereocenters. The van der Waals surface area contributed by atoms with Crippen molar-refractivity contribution in [3.63, 3.8) is 0 Å². The second-order valence-corrected chi connectivity index (χ2v) is 6.35. The molecule has 0 bridgehead atoms. The molecule has 4 nitrogen and oxygen atoms in total. The van der Waals surface area contributed by atoms with Crippen molar-refractivity contribution in [1.29, 1.82) is 0 Å². The number of phenolic OH excluding ortho intramolecular Hbond substituents is 1. The number of aromatic hydroxyl groups is 1. The molecule has 0 saturated heterocycles. The quantitative estimate of drug-likeness (QED) is 0.866. The van der Waals surface area contributed by atoms with Crippen molar-refractivity contribution < 1.29 is 15.0 Å². The molecule has 2 rings (SSSR count). The van der Waals surface area contributed by atoms with Gasteiger partial charge in [0.15, 0.2) is 0 Å². The topological polar surface area (TPSA) is 60.8 Å². The Hall–Kier alpha value is -2.49. The van der Waals surface area contributed by atoms with Gasteiger partial charge in [-0.25, -0.2) is 4.79 Å². The van der Waals surface area contributed by atoms with Crippen LogP contribution in [-0.2, 0) is 0 Å². The monoisotopic (exact) mass is 299 g/mol. The highest BCUT2D eigenvalue weighted by Gasteiger charge is 2.35. The van der Waals surface area contributed by atoms with E-state index in [1.165, 1.54) is 17.0 Å². The number of anilines is 1. The van der Waals surface area contributed by atoms with Crippen LogP contribution in [0.2, 0.25) is 0 Å². The van der Waals surface area contributed by atoms with E-state index < -0.39 is 6.09 Å². The number of hydrogen-bond donors (Lipinski definition) is 2. The molecule has 0 aromatic heterocycles. The summed E-state index contributed by atoms with van der Waals surface area (Å²) in [6, 6.07) is 15.5. The van der Waals surface area contributed by atoms with E-state index in [1.807, 2.05) is 51.1 Å². The summed E-state index contributed by atoms with van der Waals surface area (Å²) in [5, 5.41) is 19.4. The van der Waals surface area contributed by atoms with Crippen LogP contribution in [0, 0.1) is 5.41 Å².